The predicted octanol–water partition coefficient (Wildman–Crippen LogP) is 5.54. The van der Waals surface area contributed by atoms with Gasteiger partial charge >= 0.3 is 122 Å². The van der Waals surface area contributed by atoms with Gasteiger partial charge in [-0.05, 0) is 0 Å². The molecule has 3 heteroatoms. The maximum absolute atomic E-state index is 2.42. The first-order valence-corrected chi connectivity index (χ1v) is 9.72. The molecule has 0 N–H and O–H groups in total. The summed E-state index contributed by atoms with van der Waals surface area (Å²) in [7, 11) is 0. The summed E-state index contributed by atoms with van der Waals surface area (Å²) in [4.78, 5) is 0. The Morgan fingerprint density at radius 1 is 0.950 bits per heavy atom. The molecule has 0 heterocycles. The Kier molecular flexibility index (Phi) is 8.56. The van der Waals surface area contributed by atoms with Crippen molar-refractivity contribution in [2.75, 3.05) is 0 Å². The molecule has 0 radical (unpaired) electrons. The normalized spacial score (nSPS) is 20.4. The van der Waals surface area contributed by atoms with Crippen LogP contribution in [0.3, 0.4) is 0 Å². The number of allylic oxidation sites excluding steroid dienone is 8. The quantitative estimate of drug-likeness (QED) is 0.595. The molecule has 1 saturated carbocycles. The van der Waals surface area contributed by atoms with Crippen LogP contribution in [0.1, 0.15) is 51.4 Å². The number of hydrogen-bond donors (Lipinski definition) is 0. The monoisotopic (exact) mass is 387 g/mol. The number of hydrogen-bond acceptors (Lipinski definition) is 0. The van der Waals surface area contributed by atoms with Gasteiger partial charge in [0.1, 0.15) is 0 Å². The molecule has 0 aliphatic heterocycles. The van der Waals surface area contributed by atoms with Crippen LogP contribution in [0.2, 0.25) is 0 Å². The Bertz CT molecular complexity index is 473. The van der Waals surface area contributed by atoms with E-state index in [1.807, 2.05) is 6.49 Å². The Hall–Kier alpha value is 0.293. The minimum absolute atomic E-state index is 0. The van der Waals surface area contributed by atoms with Crippen molar-refractivity contribution in [3.63, 3.8) is 0 Å². The average Bonchev–Trinajstić information content (AvgIpc) is 3.04. The van der Waals surface area contributed by atoms with Gasteiger partial charge in [0, 0.05) is 0 Å². The van der Waals surface area contributed by atoms with Crippen molar-refractivity contribution in [1.29, 1.82) is 0 Å². The van der Waals surface area contributed by atoms with Crippen molar-refractivity contribution in [1.82, 2.24) is 0 Å². The first kappa shape index (κ1) is 18.3. The van der Waals surface area contributed by atoms with Gasteiger partial charge < -0.3 is 0 Å². The van der Waals surface area contributed by atoms with E-state index in [1.165, 1.54) is 51.4 Å². The molecule has 0 aromatic carbocycles. The molecule has 0 unspecified atom stereocenters. The van der Waals surface area contributed by atoms with Crippen molar-refractivity contribution in [2.24, 2.45) is 0 Å². The van der Waals surface area contributed by atoms with Crippen molar-refractivity contribution in [2.45, 2.75) is 51.4 Å². The molecule has 3 aliphatic carbocycles. The van der Waals surface area contributed by atoms with E-state index in [2.05, 4.69) is 30.4 Å². The molecule has 3 aliphatic rings. The van der Waals surface area contributed by atoms with Crippen LogP contribution in [0, 0.1) is 0 Å². The fourth-order valence-electron chi connectivity index (χ4n) is 3.03. The topological polar surface area (TPSA) is 0 Å². The SMILES string of the molecule is C1=CCC(CC2=[C]([Zr]=[C]3CCCCC3)CC=C2)=C1.Cl.Cl. The van der Waals surface area contributed by atoms with Gasteiger partial charge in [0.2, 0.25) is 0 Å². The molecule has 0 bridgehead atoms. The summed E-state index contributed by atoms with van der Waals surface area (Å²) >= 11 is -0.360. The Morgan fingerprint density at radius 3 is 2.45 bits per heavy atom. The first-order valence-electron chi connectivity index (χ1n) is 7.27. The molecule has 0 aromatic heterocycles. The van der Waals surface area contributed by atoms with E-state index in [1.54, 1.807) is 11.1 Å². The minimum atomic E-state index is -0.360. The third kappa shape index (κ3) is 4.94. The Balaban J connectivity index is 0.000001000. The fourth-order valence-corrected chi connectivity index (χ4v) is 6.92. The van der Waals surface area contributed by atoms with Crippen LogP contribution >= 0.6 is 24.8 Å². The van der Waals surface area contributed by atoms with Gasteiger partial charge in [0.15, 0.2) is 0 Å². The number of halogens is 2. The van der Waals surface area contributed by atoms with Crippen LogP contribution < -0.4 is 0 Å². The van der Waals surface area contributed by atoms with Crippen molar-refractivity contribution in [3.8, 4) is 0 Å². The minimum Gasteiger partial charge on any atom is -0.147 e. The van der Waals surface area contributed by atoms with Gasteiger partial charge in [-0.2, -0.15) is 0 Å². The second-order valence-corrected chi connectivity index (χ2v) is 9.37. The molecule has 0 saturated heterocycles. The molecule has 109 valence electrons. The van der Waals surface area contributed by atoms with E-state index >= 15 is 0 Å². The summed E-state index contributed by atoms with van der Waals surface area (Å²) < 4.78 is 3.86. The Labute approximate surface area is 146 Å². The molecule has 0 nitrogen and oxygen atoms in total. The van der Waals surface area contributed by atoms with Crippen molar-refractivity contribution < 1.29 is 22.8 Å². The maximum atomic E-state index is 2.42. The number of rotatable bonds is 3. The molecular weight excluding hydrogens is 366 g/mol. The van der Waals surface area contributed by atoms with Crippen molar-refractivity contribution in [3.05, 3.63) is 44.8 Å². The van der Waals surface area contributed by atoms with Gasteiger partial charge in [-0.25, -0.2) is 0 Å². The van der Waals surface area contributed by atoms with Crippen LogP contribution in [0.5, 0.6) is 0 Å². The summed E-state index contributed by atoms with van der Waals surface area (Å²) in [6.45, 7) is 0. The average molecular weight is 390 g/mol. The first-order chi connectivity index (χ1) is 8.92. The summed E-state index contributed by atoms with van der Waals surface area (Å²) in [6.07, 6.45) is 22.7. The zero-order valence-electron chi connectivity index (χ0n) is 11.9. The third-order valence-corrected chi connectivity index (χ3v) is 8.21. The second-order valence-electron chi connectivity index (χ2n) is 5.53. The van der Waals surface area contributed by atoms with Crippen LogP contribution in [-0.2, 0) is 22.8 Å². The molecule has 0 amide bonds. The molecule has 0 atom stereocenters. The summed E-state index contributed by atoms with van der Waals surface area (Å²) in [5, 5.41) is 0. The van der Waals surface area contributed by atoms with E-state index in [4.69, 9.17) is 0 Å². The third-order valence-electron chi connectivity index (χ3n) is 4.08. The van der Waals surface area contributed by atoms with Gasteiger partial charge in [-0.15, -0.1) is 24.8 Å². The molecule has 0 aromatic rings. The Morgan fingerprint density at radius 2 is 1.75 bits per heavy atom. The summed E-state index contributed by atoms with van der Waals surface area (Å²) in [6, 6.07) is 0. The van der Waals surface area contributed by atoms with Crippen LogP contribution in [0.4, 0.5) is 0 Å². The van der Waals surface area contributed by atoms with E-state index in [0.29, 0.717) is 0 Å². The predicted molar refractivity (Wildman–Crippen MR) is 89.8 cm³/mol. The van der Waals surface area contributed by atoms with Gasteiger partial charge in [-0.3, -0.25) is 0 Å². The van der Waals surface area contributed by atoms with Gasteiger partial charge in [-0.1, -0.05) is 0 Å². The van der Waals surface area contributed by atoms with Crippen LogP contribution in [0.15, 0.2) is 44.8 Å². The molecule has 3 rings (SSSR count). The standard InChI is InChI=1S/C11H11.C6H10.2ClH.Zr/c1-2-6-10(5-1)9-11-7-3-4-8-11;1-2-4-6-5-3-1;;;/h1-3,5,7H,4,6,9H2;1-5H2;2*1H;. The van der Waals surface area contributed by atoms with Crippen molar-refractivity contribution >= 4 is 28.0 Å². The smallest absolute Gasteiger partial charge is 0.147 e. The van der Waals surface area contributed by atoms with Gasteiger partial charge in [0.25, 0.3) is 0 Å². The van der Waals surface area contributed by atoms with E-state index in [-0.39, 0.29) is 47.6 Å². The summed E-state index contributed by atoms with van der Waals surface area (Å²) in [5.41, 5.74) is 3.30. The summed E-state index contributed by atoms with van der Waals surface area (Å²) in [5.74, 6) is 0. The molecule has 20 heavy (non-hydrogen) atoms. The zero-order chi connectivity index (χ0) is 12.2. The van der Waals surface area contributed by atoms with Crippen LogP contribution in [-0.4, -0.2) is 3.21 Å². The van der Waals surface area contributed by atoms with E-state index in [0.717, 1.165) is 0 Å². The fraction of sp³-hybridized carbons (Fsp3) is 0.471. The molecule has 1 fully saturated rings. The second kappa shape index (κ2) is 9.34. The van der Waals surface area contributed by atoms with Gasteiger partial charge in [0.05, 0.1) is 0 Å². The maximum Gasteiger partial charge on any atom is -0.147 e. The van der Waals surface area contributed by atoms with Crippen LogP contribution in [0.25, 0.3) is 0 Å². The van der Waals surface area contributed by atoms with E-state index in [9.17, 15) is 0 Å². The largest absolute Gasteiger partial charge is 0.147 e. The molecule has 0 spiro atoms. The molecular formula is C17H23Cl2Zr. The zero-order valence-corrected chi connectivity index (χ0v) is 16.0. The van der Waals surface area contributed by atoms with E-state index < -0.39 is 0 Å².